The molecule has 32 heavy (non-hydrogen) atoms. The monoisotopic (exact) mass is 434 g/mol. The number of carbonyl (C=O) groups excluding carboxylic acids is 1. The van der Waals surface area contributed by atoms with E-state index in [0.717, 1.165) is 52.1 Å². The van der Waals surface area contributed by atoms with E-state index in [1.54, 1.807) is 12.1 Å². The molecular formula is C25H30N4O3. The average Bonchev–Trinajstić information content (AvgIpc) is 2.82. The third-order valence-electron chi connectivity index (χ3n) is 5.78. The lowest BCUT2D eigenvalue weighted by Crippen LogP contribution is -2.35. The Morgan fingerprint density at radius 1 is 1.03 bits per heavy atom. The Morgan fingerprint density at radius 2 is 1.75 bits per heavy atom. The minimum absolute atomic E-state index is 0.152. The molecule has 0 unspecified atom stereocenters. The highest BCUT2D eigenvalue weighted by molar-refractivity contribution is 6.11. The van der Waals surface area contributed by atoms with Crippen molar-refractivity contribution in [3.63, 3.8) is 0 Å². The summed E-state index contributed by atoms with van der Waals surface area (Å²) in [5.41, 5.74) is 2.02. The van der Waals surface area contributed by atoms with Crippen LogP contribution in [0.25, 0.3) is 10.8 Å². The van der Waals surface area contributed by atoms with Crippen LogP contribution in [0.1, 0.15) is 42.2 Å². The number of ether oxygens (including phenoxy) is 1. The maximum atomic E-state index is 13.1. The SMILES string of the molecule is CCCCCn1nc(C(=O)Nc2ccc(CN3CCOCC3)cc2)c2ccccc2c1=O. The van der Waals surface area contributed by atoms with Gasteiger partial charge in [0.25, 0.3) is 11.5 Å². The van der Waals surface area contributed by atoms with Crippen molar-refractivity contribution >= 4 is 22.4 Å². The summed E-state index contributed by atoms with van der Waals surface area (Å²) in [6.07, 6.45) is 2.92. The zero-order valence-electron chi connectivity index (χ0n) is 18.5. The summed E-state index contributed by atoms with van der Waals surface area (Å²) >= 11 is 0. The second-order valence-electron chi connectivity index (χ2n) is 8.17. The summed E-state index contributed by atoms with van der Waals surface area (Å²) in [7, 11) is 0. The normalized spacial score (nSPS) is 14.5. The van der Waals surface area contributed by atoms with Crippen LogP contribution in [0.4, 0.5) is 5.69 Å². The largest absolute Gasteiger partial charge is 0.379 e. The molecule has 0 bridgehead atoms. The van der Waals surface area contributed by atoms with Gasteiger partial charge in [0.1, 0.15) is 0 Å². The zero-order valence-corrected chi connectivity index (χ0v) is 18.5. The maximum absolute atomic E-state index is 13.1. The van der Waals surface area contributed by atoms with Gasteiger partial charge in [-0.05, 0) is 30.2 Å². The summed E-state index contributed by atoms with van der Waals surface area (Å²) in [5.74, 6) is -0.314. The molecule has 1 fully saturated rings. The fourth-order valence-corrected chi connectivity index (χ4v) is 3.97. The summed E-state index contributed by atoms with van der Waals surface area (Å²) < 4.78 is 6.83. The number of unbranched alkanes of at least 4 members (excludes halogenated alkanes) is 2. The van der Waals surface area contributed by atoms with Gasteiger partial charge in [-0.1, -0.05) is 50.1 Å². The number of nitrogens with zero attached hydrogens (tertiary/aromatic N) is 3. The van der Waals surface area contributed by atoms with Crippen LogP contribution in [0.5, 0.6) is 0 Å². The average molecular weight is 435 g/mol. The van der Waals surface area contributed by atoms with E-state index in [9.17, 15) is 9.59 Å². The number of fused-ring (bicyclic) bond motifs is 1. The molecule has 3 aromatic rings. The summed E-state index contributed by atoms with van der Waals surface area (Å²) in [4.78, 5) is 28.3. The van der Waals surface area contributed by atoms with Gasteiger partial charge in [0.2, 0.25) is 0 Å². The predicted molar refractivity (Wildman–Crippen MR) is 126 cm³/mol. The van der Waals surface area contributed by atoms with Crippen LogP contribution in [0.2, 0.25) is 0 Å². The maximum Gasteiger partial charge on any atom is 0.276 e. The van der Waals surface area contributed by atoms with Gasteiger partial charge in [-0.2, -0.15) is 5.10 Å². The van der Waals surface area contributed by atoms with Crippen LogP contribution >= 0.6 is 0 Å². The zero-order chi connectivity index (χ0) is 22.3. The number of nitrogens with one attached hydrogen (secondary N) is 1. The van der Waals surface area contributed by atoms with Crippen LogP contribution < -0.4 is 10.9 Å². The van der Waals surface area contributed by atoms with E-state index in [2.05, 4.69) is 22.2 Å². The predicted octanol–water partition coefficient (Wildman–Crippen LogP) is 3.67. The van der Waals surface area contributed by atoms with Crippen molar-refractivity contribution in [2.75, 3.05) is 31.6 Å². The number of anilines is 1. The Kier molecular flexibility index (Phi) is 7.29. The molecule has 2 aromatic carbocycles. The lowest BCUT2D eigenvalue weighted by Gasteiger charge is -2.26. The van der Waals surface area contributed by atoms with Crippen molar-refractivity contribution in [2.45, 2.75) is 39.3 Å². The highest BCUT2D eigenvalue weighted by Gasteiger charge is 2.17. The Morgan fingerprint density at radius 3 is 2.47 bits per heavy atom. The summed E-state index contributed by atoms with van der Waals surface area (Å²) in [6.45, 7) is 6.91. The summed E-state index contributed by atoms with van der Waals surface area (Å²) in [6, 6.07) is 15.1. The molecule has 0 spiro atoms. The topological polar surface area (TPSA) is 76.5 Å². The molecule has 0 aliphatic carbocycles. The van der Waals surface area contributed by atoms with Crippen LogP contribution in [0.15, 0.2) is 53.3 Å². The number of aryl methyl sites for hydroxylation is 1. The van der Waals surface area contributed by atoms with Crippen LogP contribution in [-0.2, 0) is 17.8 Å². The lowest BCUT2D eigenvalue weighted by atomic mass is 10.1. The molecular weight excluding hydrogens is 404 g/mol. The molecule has 0 radical (unpaired) electrons. The van der Waals surface area contributed by atoms with Crippen molar-refractivity contribution in [3.05, 3.63) is 70.1 Å². The second kappa shape index (κ2) is 10.5. The number of morpholine rings is 1. The van der Waals surface area contributed by atoms with E-state index in [-0.39, 0.29) is 17.2 Å². The van der Waals surface area contributed by atoms with Gasteiger partial charge in [-0.3, -0.25) is 14.5 Å². The molecule has 0 saturated carbocycles. The highest BCUT2D eigenvalue weighted by atomic mass is 16.5. The number of carbonyl (C=O) groups is 1. The van der Waals surface area contributed by atoms with E-state index in [4.69, 9.17) is 4.74 Å². The van der Waals surface area contributed by atoms with E-state index >= 15 is 0 Å². The van der Waals surface area contributed by atoms with Crippen LogP contribution in [0.3, 0.4) is 0 Å². The Hall–Kier alpha value is -3.03. The van der Waals surface area contributed by atoms with E-state index in [1.807, 2.05) is 36.4 Å². The molecule has 0 atom stereocenters. The first-order valence-corrected chi connectivity index (χ1v) is 11.4. The third-order valence-corrected chi connectivity index (χ3v) is 5.78. The van der Waals surface area contributed by atoms with Gasteiger partial charge >= 0.3 is 0 Å². The lowest BCUT2D eigenvalue weighted by molar-refractivity contribution is 0.0342. The molecule has 1 aromatic heterocycles. The molecule has 7 heteroatoms. The molecule has 4 rings (SSSR count). The minimum Gasteiger partial charge on any atom is -0.379 e. The number of hydrogen-bond donors (Lipinski definition) is 1. The molecule has 7 nitrogen and oxygen atoms in total. The van der Waals surface area contributed by atoms with Crippen molar-refractivity contribution < 1.29 is 9.53 Å². The molecule has 1 amide bonds. The summed E-state index contributed by atoms with van der Waals surface area (Å²) in [5, 5.41) is 8.47. The first kappa shape index (κ1) is 22.2. The molecule has 1 N–H and O–H groups in total. The number of rotatable bonds is 8. The van der Waals surface area contributed by atoms with Crippen LogP contribution in [-0.4, -0.2) is 46.9 Å². The molecule has 2 heterocycles. The number of amides is 1. The number of benzene rings is 2. The van der Waals surface area contributed by atoms with Crippen molar-refractivity contribution in [3.8, 4) is 0 Å². The minimum atomic E-state index is -0.314. The fourth-order valence-electron chi connectivity index (χ4n) is 3.97. The highest BCUT2D eigenvalue weighted by Crippen LogP contribution is 2.17. The number of aromatic nitrogens is 2. The molecule has 1 saturated heterocycles. The van der Waals surface area contributed by atoms with Gasteiger partial charge < -0.3 is 10.1 Å². The first-order valence-electron chi connectivity index (χ1n) is 11.4. The fraction of sp³-hybridized carbons (Fsp3) is 0.400. The van der Waals surface area contributed by atoms with E-state index in [1.165, 1.54) is 10.2 Å². The Labute approximate surface area is 188 Å². The quantitative estimate of drug-likeness (QED) is 0.548. The van der Waals surface area contributed by atoms with Crippen molar-refractivity contribution in [2.24, 2.45) is 0 Å². The standard InChI is InChI=1S/C25H30N4O3/c1-2-3-6-13-29-25(31)22-8-5-4-7-21(22)23(27-29)24(30)26-20-11-9-19(10-12-20)18-28-14-16-32-17-15-28/h4-5,7-12H,2-3,6,13-18H2,1H3,(H,26,30). The third kappa shape index (κ3) is 5.23. The van der Waals surface area contributed by atoms with E-state index in [0.29, 0.717) is 23.0 Å². The molecule has 1 aliphatic rings. The Balaban J connectivity index is 1.52. The van der Waals surface area contributed by atoms with Gasteiger partial charge in [-0.15, -0.1) is 0 Å². The Bertz CT molecular complexity index is 1120. The van der Waals surface area contributed by atoms with Gasteiger partial charge in [0, 0.05) is 37.3 Å². The van der Waals surface area contributed by atoms with Crippen molar-refractivity contribution in [1.82, 2.24) is 14.7 Å². The van der Waals surface area contributed by atoms with Crippen LogP contribution in [0, 0.1) is 0 Å². The van der Waals surface area contributed by atoms with Gasteiger partial charge in [0.05, 0.1) is 18.6 Å². The second-order valence-corrected chi connectivity index (χ2v) is 8.17. The van der Waals surface area contributed by atoms with E-state index < -0.39 is 0 Å². The van der Waals surface area contributed by atoms with Crippen molar-refractivity contribution in [1.29, 1.82) is 0 Å². The first-order chi connectivity index (χ1) is 15.7. The number of hydrogen-bond acceptors (Lipinski definition) is 5. The van der Waals surface area contributed by atoms with Gasteiger partial charge in [-0.25, -0.2) is 4.68 Å². The molecule has 1 aliphatic heterocycles. The molecule has 168 valence electrons. The smallest absolute Gasteiger partial charge is 0.276 e. The van der Waals surface area contributed by atoms with Gasteiger partial charge in [0.15, 0.2) is 5.69 Å².